The van der Waals surface area contributed by atoms with Crippen LogP contribution < -0.4 is 5.32 Å². The summed E-state index contributed by atoms with van der Waals surface area (Å²) in [6.07, 6.45) is 2.12. The van der Waals surface area contributed by atoms with Gasteiger partial charge in [-0.1, -0.05) is 0 Å². The van der Waals surface area contributed by atoms with Crippen molar-refractivity contribution in [2.75, 3.05) is 39.7 Å². The zero-order chi connectivity index (χ0) is 13.5. The van der Waals surface area contributed by atoms with Crippen molar-refractivity contribution in [2.45, 2.75) is 6.42 Å². The summed E-state index contributed by atoms with van der Waals surface area (Å²) >= 11 is 0. The van der Waals surface area contributed by atoms with Crippen molar-refractivity contribution >= 4 is 11.7 Å². The van der Waals surface area contributed by atoms with Crippen LogP contribution in [0, 0.1) is 5.82 Å². The summed E-state index contributed by atoms with van der Waals surface area (Å²) in [5.74, 6) is -0.905. The minimum absolute atomic E-state index is 0.0225. The van der Waals surface area contributed by atoms with E-state index < -0.39 is 5.82 Å². The molecule has 0 saturated heterocycles. The van der Waals surface area contributed by atoms with E-state index in [1.54, 1.807) is 21.2 Å². The van der Waals surface area contributed by atoms with Crippen LogP contribution in [0.1, 0.15) is 16.8 Å². The second-order valence-corrected chi connectivity index (χ2v) is 3.84. The number of nitrogens with one attached hydrogen (secondary N) is 1. The Morgan fingerprint density at radius 3 is 2.94 bits per heavy atom. The molecule has 1 N–H and O–H groups in total. The Hall–Kier alpha value is -1.69. The smallest absolute Gasteiger partial charge is 0.256 e. The Balaban J connectivity index is 2.77. The molecule has 0 aliphatic carbocycles. The molecule has 1 aromatic rings. The summed E-state index contributed by atoms with van der Waals surface area (Å²) in [6.45, 7) is 1.08. The topological polar surface area (TPSA) is 54.5 Å². The molecule has 0 aliphatic heterocycles. The molecule has 0 unspecified atom stereocenters. The molecule has 1 amide bonds. The van der Waals surface area contributed by atoms with Gasteiger partial charge in [0.15, 0.2) is 11.6 Å². The monoisotopic (exact) mass is 255 g/mol. The average molecular weight is 255 g/mol. The van der Waals surface area contributed by atoms with E-state index in [-0.39, 0.29) is 17.3 Å². The number of pyridine rings is 1. The SMILES string of the molecule is CNc1nccc(C(=O)N(C)CCCOC)c1F. The molecule has 0 bridgehead atoms. The highest BCUT2D eigenvalue weighted by atomic mass is 19.1. The van der Waals surface area contributed by atoms with Crippen molar-refractivity contribution in [1.82, 2.24) is 9.88 Å². The summed E-state index contributed by atoms with van der Waals surface area (Å²) in [7, 11) is 4.79. The number of carbonyl (C=O) groups excluding carboxylic acids is 1. The van der Waals surface area contributed by atoms with Gasteiger partial charge in [-0.05, 0) is 12.5 Å². The number of halogens is 1. The number of nitrogens with zero attached hydrogens (tertiary/aromatic N) is 2. The molecule has 0 atom stereocenters. The van der Waals surface area contributed by atoms with E-state index in [0.717, 1.165) is 0 Å². The first-order chi connectivity index (χ1) is 8.61. The second kappa shape index (κ2) is 6.90. The molecule has 1 heterocycles. The minimum Gasteiger partial charge on any atom is -0.385 e. The van der Waals surface area contributed by atoms with E-state index in [4.69, 9.17) is 4.74 Å². The Morgan fingerprint density at radius 2 is 2.33 bits per heavy atom. The fourth-order valence-electron chi connectivity index (χ4n) is 1.54. The van der Waals surface area contributed by atoms with Gasteiger partial charge >= 0.3 is 0 Å². The zero-order valence-electron chi connectivity index (χ0n) is 10.9. The summed E-state index contributed by atoms with van der Waals surface area (Å²) in [5.41, 5.74) is 0.0225. The van der Waals surface area contributed by atoms with Gasteiger partial charge in [0.2, 0.25) is 0 Å². The van der Waals surface area contributed by atoms with E-state index in [1.807, 2.05) is 0 Å². The van der Waals surface area contributed by atoms with Crippen LogP contribution in [0.4, 0.5) is 10.2 Å². The quantitative estimate of drug-likeness (QED) is 0.780. The minimum atomic E-state index is -0.622. The normalized spacial score (nSPS) is 10.2. The zero-order valence-corrected chi connectivity index (χ0v) is 10.9. The van der Waals surface area contributed by atoms with Crippen LogP contribution in [0.3, 0.4) is 0 Å². The van der Waals surface area contributed by atoms with E-state index in [1.165, 1.54) is 17.2 Å². The van der Waals surface area contributed by atoms with Gasteiger partial charge < -0.3 is 15.0 Å². The molecule has 6 heteroatoms. The van der Waals surface area contributed by atoms with Crippen LogP contribution in [-0.4, -0.2) is 50.1 Å². The molecule has 0 saturated carbocycles. The third-order valence-corrected chi connectivity index (χ3v) is 2.55. The maximum Gasteiger partial charge on any atom is 0.256 e. The Labute approximate surface area is 106 Å². The predicted molar refractivity (Wildman–Crippen MR) is 67.2 cm³/mol. The van der Waals surface area contributed by atoms with Crippen LogP contribution in [0.2, 0.25) is 0 Å². The van der Waals surface area contributed by atoms with E-state index in [0.29, 0.717) is 19.6 Å². The maximum absolute atomic E-state index is 13.9. The number of hydrogen-bond acceptors (Lipinski definition) is 4. The molecule has 0 radical (unpaired) electrons. The summed E-state index contributed by atoms with van der Waals surface area (Å²) in [4.78, 5) is 17.3. The molecule has 1 aromatic heterocycles. The van der Waals surface area contributed by atoms with Gasteiger partial charge in [0, 0.05) is 40.6 Å². The van der Waals surface area contributed by atoms with Gasteiger partial charge in [0.1, 0.15) is 0 Å². The Bertz CT molecular complexity index is 412. The van der Waals surface area contributed by atoms with Crippen molar-refractivity contribution in [3.63, 3.8) is 0 Å². The third-order valence-electron chi connectivity index (χ3n) is 2.55. The van der Waals surface area contributed by atoms with Crippen molar-refractivity contribution < 1.29 is 13.9 Å². The number of ether oxygens (including phenoxy) is 1. The molecular formula is C12H18FN3O2. The van der Waals surface area contributed by atoms with Crippen molar-refractivity contribution in [1.29, 1.82) is 0 Å². The number of amides is 1. The molecule has 18 heavy (non-hydrogen) atoms. The molecule has 100 valence electrons. The number of rotatable bonds is 6. The first-order valence-electron chi connectivity index (χ1n) is 5.68. The lowest BCUT2D eigenvalue weighted by Gasteiger charge is -2.17. The number of anilines is 1. The van der Waals surface area contributed by atoms with Gasteiger partial charge in [-0.3, -0.25) is 4.79 Å². The highest BCUT2D eigenvalue weighted by molar-refractivity contribution is 5.95. The van der Waals surface area contributed by atoms with Crippen LogP contribution in [0.15, 0.2) is 12.3 Å². The van der Waals surface area contributed by atoms with Crippen molar-refractivity contribution in [2.24, 2.45) is 0 Å². The Kier molecular flexibility index (Phi) is 5.51. The van der Waals surface area contributed by atoms with Crippen LogP contribution in [-0.2, 0) is 4.74 Å². The van der Waals surface area contributed by atoms with Gasteiger partial charge in [-0.15, -0.1) is 0 Å². The maximum atomic E-state index is 13.9. The molecule has 1 rings (SSSR count). The summed E-state index contributed by atoms with van der Waals surface area (Å²) in [6, 6.07) is 1.38. The van der Waals surface area contributed by atoms with Crippen LogP contribution in [0.5, 0.6) is 0 Å². The largest absolute Gasteiger partial charge is 0.385 e. The molecule has 0 aromatic carbocycles. The summed E-state index contributed by atoms with van der Waals surface area (Å²) < 4.78 is 18.8. The van der Waals surface area contributed by atoms with Gasteiger partial charge in [-0.25, -0.2) is 9.37 Å². The first-order valence-corrected chi connectivity index (χ1v) is 5.68. The fraction of sp³-hybridized carbons (Fsp3) is 0.500. The Morgan fingerprint density at radius 1 is 1.61 bits per heavy atom. The van der Waals surface area contributed by atoms with Crippen LogP contribution in [0.25, 0.3) is 0 Å². The van der Waals surface area contributed by atoms with Gasteiger partial charge in [0.25, 0.3) is 5.91 Å². The highest BCUT2D eigenvalue weighted by Gasteiger charge is 2.18. The third kappa shape index (κ3) is 3.40. The molecule has 0 spiro atoms. The molecule has 5 nitrogen and oxygen atoms in total. The van der Waals surface area contributed by atoms with E-state index >= 15 is 0 Å². The number of carbonyl (C=O) groups is 1. The highest BCUT2D eigenvalue weighted by Crippen LogP contribution is 2.15. The van der Waals surface area contributed by atoms with Crippen LogP contribution >= 0.6 is 0 Å². The van der Waals surface area contributed by atoms with Crippen molar-refractivity contribution in [3.05, 3.63) is 23.6 Å². The predicted octanol–water partition coefficient (Wildman–Crippen LogP) is 1.37. The van der Waals surface area contributed by atoms with Gasteiger partial charge in [0.05, 0.1) is 5.56 Å². The summed E-state index contributed by atoms with van der Waals surface area (Å²) in [5, 5.41) is 2.60. The second-order valence-electron chi connectivity index (χ2n) is 3.84. The number of methoxy groups -OCH3 is 1. The number of hydrogen-bond donors (Lipinski definition) is 1. The van der Waals surface area contributed by atoms with Crippen molar-refractivity contribution in [3.8, 4) is 0 Å². The van der Waals surface area contributed by atoms with E-state index in [9.17, 15) is 9.18 Å². The lowest BCUT2D eigenvalue weighted by atomic mass is 10.2. The molecule has 0 fully saturated rings. The lowest BCUT2D eigenvalue weighted by molar-refractivity contribution is 0.0774. The fourth-order valence-corrected chi connectivity index (χ4v) is 1.54. The average Bonchev–Trinajstić information content (AvgIpc) is 2.38. The first kappa shape index (κ1) is 14.4. The molecule has 0 aliphatic rings. The standard InChI is InChI=1S/C12H18FN3O2/c1-14-11-10(13)9(5-6-15-11)12(17)16(2)7-4-8-18-3/h5-6H,4,7-8H2,1-3H3,(H,14,15). The lowest BCUT2D eigenvalue weighted by Crippen LogP contribution is -2.29. The van der Waals surface area contributed by atoms with Gasteiger partial charge in [-0.2, -0.15) is 0 Å². The molecular weight excluding hydrogens is 237 g/mol. The number of aromatic nitrogens is 1. The van der Waals surface area contributed by atoms with E-state index in [2.05, 4.69) is 10.3 Å².